The van der Waals surface area contributed by atoms with E-state index >= 15 is 0 Å². The van der Waals surface area contributed by atoms with Crippen LogP contribution in [-0.2, 0) is 6.54 Å². The molecule has 0 bridgehead atoms. The fraction of sp³-hybridized carbons (Fsp3) is 0.500. The van der Waals surface area contributed by atoms with Gasteiger partial charge in [-0.05, 0) is 31.0 Å². The molecule has 1 fully saturated rings. The van der Waals surface area contributed by atoms with Gasteiger partial charge in [-0.15, -0.1) is 0 Å². The Balaban J connectivity index is 2.07. The summed E-state index contributed by atoms with van der Waals surface area (Å²) in [5, 5.41) is 7.36. The molecule has 0 spiro atoms. The minimum absolute atomic E-state index is 0.256. The number of hydrogen-bond acceptors (Lipinski definition) is 3. The molecule has 104 valence electrons. The van der Waals surface area contributed by atoms with Crippen molar-refractivity contribution in [2.75, 3.05) is 13.7 Å². The largest absolute Gasteiger partial charge is 0.496 e. The van der Waals surface area contributed by atoms with Crippen LogP contribution in [0.1, 0.15) is 24.8 Å². The molecular weight excluding hydrogens is 306 g/mol. The Morgan fingerprint density at radius 2 is 2.26 bits per heavy atom. The molecule has 1 saturated carbocycles. The van der Waals surface area contributed by atoms with E-state index in [2.05, 4.69) is 26.9 Å². The summed E-state index contributed by atoms with van der Waals surface area (Å²) in [6.45, 7) is 1.69. The Morgan fingerprint density at radius 3 is 2.84 bits per heavy atom. The molecule has 4 nitrogen and oxygen atoms in total. The summed E-state index contributed by atoms with van der Waals surface area (Å²) in [5.41, 5.74) is 6.63. The monoisotopic (exact) mass is 325 g/mol. The zero-order valence-corrected chi connectivity index (χ0v) is 12.7. The van der Waals surface area contributed by atoms with E-state index < -0.39 is 0 Å². The Morgan fingerprint density at radius 1 is 1.53 bits per heavy atom. The van der Waals surface area contributed by atoms with E-state index in [0.717, 1.165) is 23.3 Å². The van der Waals surface area contributed by atoms with Crippen molar-refractivity contribution in [3.63, 3.8) is 0 Å². The van der Waals surface area contributed by atoms with Crippen molar-refractivity contribution in [1.82, 2.24) is 4.90 Å². The molecule has 0 radical (unpaired) electrons. The summed E-state index contributed by atoms with van der Waals surface area (Å²) >= 11 is 3.50. The Bertz CT molecular complexity index is 460. The summed E-state index contributed by atoms with van der Waals surface area (Å²) in [6.07, 6.45) is 3.12. The van der Waals surface area contributed by atoms with Gasteiger partial charge in [0.15, 0.2) is 0 Å². The number of nitrogens with one attached hydrogen (secondary N) is 1. The summed E-state index contributed by atoms with van der Waals surface area (Å²) in [6, 6.07) is 6.71. The number of benzene rings is 1. The van der Waals surface area contributed by atoms with Crippen molar-refractivity contribution >= 4 is 21.8 Å². The van der Waals surface area contributed by atoms with Crippen LogP contribution in [0.4, 0.5) is 0 Å². The zero-order valence-electron chi connectivity index (χ0n) is 11.2. The first-order chi connectivity index (χ1) is 9.10. The summed E-state index contributed by atoms with van der Waals surface area (Å²) in [4.78, 5) is 2.39. The molecule has 19 heavy (non-hydrogen) atoms. The normalized spacial score (nSPS) is 14.7. The second-order valence-electron chi connectivity index (χ2n) is 4.93. The van der Waals surface area contributed by atoms with Crippen molar-refractivity contribution in [2.45, 2.75) is 31.8 Å². The molecule has 0 saturated heterocycles. The quantitative estimate of drug-likeness (QED) is 0.598. The van der Waals surface area contributed by atoms with Crippen LogP contribution >= 0.6 is 15.9 Å². The SMILES string of the molecule is COc1ccc(Br)cc1CN(CCC(=N)N)C1CC1. The molecule has 0 atom stereocenters. The molecule has 0 aromatic heterocycles. The van der Waals surface area contributed by atoms with E-state index in [1.54, 1.807) is 7.11 Å². The van der Waals surface area contributed by atoms with Crippen molar-refractivity contribution in [2.24, 2.45) is 5.73 Å². The highest BCUT2D eigenvalue weighted by atomic mass is 79.9. The van der Waals surface area contributed by atoms with Gasteiger partial charge >= 0.3 is 0 Å². The van der Waals surface area contributed by atoms with Gasteiger partial charge in [-0.3, -0.25) is 10.3 Å². The average molecular weight is 326 g/mol. The van der Waals surface area contributed by atoms with Crippen LogP contribution in [0.15, 0.2) is 22.7 Å². The van der Waals surface area contributed by atoms with Crippen LogP contribution in [0.5, 0.6) is 5.75 Å². The highest BCUT2D eigenvalue weighted by Gasteiger charge is 2.29. The van der Waals surface area contributed by atoms with Gasteiger partial charge in [0.1, 0.15) is 5.75 Å². The van der Waals surface area contributed by atoms with E-state index in [1.807, 2.05) is 12.1 Å². The molecule has 0 heterocycles. The van der Waals surface area contributed by atoms with Crippen LogP contribution in [0.2, 0.25) is 0 Å². The first-order valence-electron chi connectivity index (χ1n) is 6.49. The smallest absolute Gasteiger partial charge is 0.123 e. The minimum Gasteiger partial charge on any atom is -0.496 e. The fourth-order valence-electron chi connectivity index (χ4n) is 2.18. The summed E-state index contributed by atoms with van der Waals surface area (Å²) in [5.74, 6) is 1.17. The van der Waals surface area contributed by atoms with Gasteiger partial charge in [-0.1, -0.05) is 15.9 Å². The molecule has 1 aromatic carbocycles. The maximum atomic E-state index is 7.36. The minimum atomic E-state index is 0.256. The lowest BCUT2D eigenvalue weighted by Crippen LogP contribution is -2.29. The van der Waals surface area contributed by atoms with E-state index in [9.17, 15) is 0 Å². The fourth-order valence-corrected chi connectivity index (χ4v) is 2.59. The predicted molar refractivity (Wildman–Crippen MR) is 80.7 cm³/mol. The third-order valence-corrected chi connectivity index (χ3v) is 3.84. The number of methoxy groups -OCH3 is 1. The Hall–Kier alpha value is -1.07. The molecule has 0 amide bonds. The maximum absolute atomic E-state index is 7.36. The highest BCUT2D eigenvalue weighted by Crippen LogP contribution is 2.31. The first-order valence-corrected chi connectivity index (χ1v) is 7.29. The van der Waals surface area contributed by atoms with Gasteiger partial charge in [0.25, 0.3) is 0 Å². The number of nitrogens with two attached hydrogens (primary N) is 1. The number of rotatable bonds is 7. The molecule has 3 N–H and O–H groups in total. The molecule has 0 aliphatic heterocycles. The van der Waals surface area contributed by atoms with E-state index in [-0.39, 0.29) is 5.84 Å². The average Bonchev–Trinajstić information content (AvgIpc) is 3.18. The lowest BCUT2D eigenvalue weighted by Gasteiger charge is -2.23. The number of halogens is 1. The van der Waals surface area contributed by atoms with Gasteiger partial charge in [0.2, 0.25) is 0 Å². The number of amidine groups is 1. The highest BCUT2D eigenvalue weighted by molar-refractivity contribution is 9.10. The Labute approximate surface area is 122 Å². The number of nitrogens with zero attached hydrogens (tertiary/aromatic N) is 1. The van der Waals surface area contributed by atoms with Crippen molar-refractivity contribution < 1.29 is 4.74 Å². The standard InChI is InChI=1S/C14H20BrN3O/c1-19-13-5-2-11(15)8-10(13)9-18(12-3-4-12)7-6-14(16)17/h2,5,8,12H,3-4,6-7,9H2,1H3,(H3,16,17). The van der Waals surface area contributed by atoms with Gasteiger partial charge in [0, 0.05) is 35.6 Å². The maximum Gasteiger partial charge on any atom is 0.123 e. The lowest BCUT2D eigenvalue weighted by atomic mass is 10.1. The van der Waals surface area contributed by atoms with Gasteiger partial charge in [-0.2, -0.15) is 0 Å². The molecule has 0 unspecified atom stereocenters. The van der Waals surface area contributed by atoms with Crippen LogP contribution in [0.25, 0.3) is 0 Å². The molecule has 1 aliphatic rings. The summed E-state index contributed by atoms with van der Waals surface area (Å²) < 4.78 is 6.47. The predicted octanol–water partition coefficient (Wildman–Crippen LogP) is 2.75. The second-order valence-corrected chi connectivity index (χ2v) is 5.85. The lowest BCUT2D eigenvalue weighted by molar-refractivity contribution is 0.257. The van der Waals surface area contributed by atoms with Crippen molar-refractivity contribution in [3.05, 3.63) is 28.2 Å². The first kappa shape index (κ1) is 14.3. The van der Waals surface area contributed by atoms with E-state index in [0.29, 0.717) is 12.5 Å². The third-order valence-electron chi connectivity index (χ3n) is 3.35. The molecule has 2 rings (SSSR count). The van der Waals surface area contributed by atoms with Gasteiger partial charge in [-0.25, -0.2) is 0 Å². The topological polar surface area (TPSA) is 62.3 Å². The second kappa shape index (κ2) is 6.39. The zero-order chi connectivity index (χ0) is 13.8. The third kappa shape index (κ3) is 4.21. The number of hydrogen-bond donors (Lipinski definition) is 2. The number of ether oxygens (including phenoxy) is 1. The molecular formula is C14H20BrN3O. The molecule has 1 aromatic rings. The van der Waals surface area contributed by atoms with Crippen LogP contribution in [0.3, 0.4) is 0 Å². The van der Waals surface area contributed by atoms with Crippen molar-refractivity contribution in [3.8, 4) is 5.75 Å². The van der Waals surface area contributed by atoms with Gasteiger partial charge < -0.3 is 10.5 Å². The Kier molecular flexibility index (Phi) is 4.82. The van der Waals surface area contributed by atoms with E-state index in [1.165, 1.54) is 18.4 Å². The van der Waals surface area contributed by atoms with Crippen molar-refractivity contribution in [1.29, 1.82) is 5.41 Å². The van der Waals surface area contributed by atoms with Crippen LogP contribution in [0, 0.1) is 5.41 Å². The van der Waals surface area contributed by atoms with Gasteiger partial charge in [0.05, 0.1) is 12.9 Å². The van der Waals surface area contributed by atoms with Crippen LogP contribution < -0.4 is 10.5 Å². The molecule has 5 heteroatoms. The molecule has 1 aliphatic carbocycles. The summed E-state index contributed by atoms with van der Waals surface area (Å²) in [7, 11) is 1.70. The van der Waals surface area contributed by atoms with E-state index in [4.69, 9.17) is 15.9 Å². The van der Waals surface area contributed by atoms with Crippen LogP contribution in [-0.4, -0.2) is 30.4 Å².